The molecule has 1 atom stereocenters. The summed E-state index contributed by atoms with van der Waals surface area (Å²) in [6.07, 6.45) is 1.68. The summed E-state index contributed by atoms with van der Waals surface area (Å²) in [5.74, 6) is 0. The van der Waals surface area contributed by atoms with Crippen molar-refractivity contribution in [1.29, 1.82) is 0 Å². The molecule has 1 aromatic rings. The first-order valence-corrected chi connectivity index (χ1v) is 6.00. The van der Waals surface area contributed by atoms with Crippen molar-refractivity contribution >= 4 is 15.7 Å². The monoisotopic (exact) mass is 226 g/mol. The van der Waals surface area contributed by atoms with Crippen LogP contribution < -0.4 is 10.5 Å². The van der Waals surface area contributed by atoms with Gasteiger partial charge in [-0.05, 0) is 19.1 Å². The van der Waals surface area contributed by atoms with Gasteiger partial charge in [0.2, 0.25) is 10.0 Å². The molecule has 0 aliphatic carbocycles. The van der Waals surface area contributed by atoms with Gasteiger partial charge in [0.15, 0.2) is 0 Å². The molecule has 0 fully saturated rings. The third kappa shape index (κ3) is 3.07. The SMILES string of the molecule is C=CC(C)Nc1ccccc1S(N)(=O)=O. The fourth-order valence-electron chi connectivity index (χ4n) is 1.14. The molecule has 0 saturated carbocycles. The number of hydrogen-bond acceptors (Lipinski definition) is 3. The lowest BCUT2D eigenvalue weighted by atomic mass is 10.2. The van der Waals surface area contributed by atoms with Crippen LogP contribution in [0.25, 0.3) is 0 Å². The number of rotatable bonds is 4. The quantitative estimate of drug-likeness (QED) is 0.760. The number of anilines is 1. The molecule has 0 spiro atoms. The maximum atomic E-state index is 11.2. The molecule has 0 aliphatic heterocycles. The maximum Gasteiger partial charge on any atom is 0.240 e. The smallest absolute Gasteiger partial charge is 0.240 e. The Hall–Kier alpha value is -1.33. The van der Waals surface area contributed by atoms with Crippen LogP contribution in [0.2, 0.25) is 0 Å². The van der Waals surface area contributed by atoms with Gasteiger partial charge in [0, 0.05) is 6.04 Å². The molecule has 0 heterocycles. The van der Waals surface area contributed by atoms with E-state index in [4.69, 9.17) is 5.14 Å². The van der Waals surface area contributed by atoms with Crippen LogP contribution in [-0.4, -0.2) is 14.5 Å². The van der Waals surface area contributed by atoms with Crippen molar-refractivity contribution < 1.29 is 8.42 Å². The Morgan fingerprint density at radius 2 is 2.07 bits per heavy atom. The largest absolute Gasteiger partial charge is 0.378 e. The standard InChI is InChI=1S/C10H14N2O2S/c1-3-8(2)12-9-6-4-5-7-10(9)15(11,13)14/h3-8,12H,1H2,2H3,(H2,11,13,14). The fraction of sp³-hybridized carbons (Fsp3) is 0.200. The molecule has 1 unspecified atom stereocenters. The van der Waals surface area contributed by atoms with E-state index >= 15 is 0 Å². The minimum absolute atomic E-state index is 0.0205. The average molecular weight is 226 g/mol. The summed E-state index contributed by atoms with van der Waals surface area (Å²) < 4.78 is 22.5. The maximum absolute atomic E-state index is 11.2. The number of para-hydroxylation sites is 1. The number of primary sulfonamides is 1. The first-order valence-electron chi connectivity index (χ1n) is 4.46. The predicted molar refractivity (Wildman–Crippen MR) is 61.1 cm³/mol. The zero-order valence-corrected chi connectivity index (χ0v) is 9.29. The molecule has 0 saturated heterocycles. The lowest BCUT2D eigenvalue weighted by Gasteiger charge is -2.13. The van der Waals surface area contributed by atoms with Gasteiger partial charge in [0.05, 0.1) is 5.69 Å². The third-order valence-corrected chi connectivity index (χ3v) is 2.90. The van der Waals surface area contributed by atoms with Crippen LogP contribution in [0.5, 0.6) is 0 Å². The zero-order valence-electron chi connectivity index (χ0n) is 8.47. The summed E-state index contributed by atoms with van der Waals surface area (Å²) in [5.41, 5.74) is 0.493. The third-order valence-electron chi connectivity index (χ3n) is 1.93. The Morgan fingerprint density at radius 1 is 1.47 bits per heavy atom. The van der Waals surface area contributed by atoms with E-state index in [0.29, 0.717) is 5.69 Å². The molecule has 0 aromatic heterocycles. The van der Waals surface area contributed by atoms with Crippen LogP contribution in [0, 0.1) is 0 Å². The van der Waals surface area contributed by atoms with Crippen LogP contribution in [0.15, 0.2) is 41.8 Å². The molecule has 4 nitrogen and oxygen atoms in total. The number of benzene rings is 1. The zero-order chi connectivity index (χ0) is 11.5. The predicted octanol–water partition coefficient (Wildman–Crippen LogP) is 1.32. The normalized spacial score (nSPS) is 13.2. The molecular formula is C10H14N2O2S. The van der Waals surface area contributed by atoms with Gasteiger partial charge in [0.25, 0.3) is 0 Å². The summed E-state index contributed by atoms with van der Waals surface area (Å²) >= 11 is 0. The number of nitrogens with two attached hydrogens (primary N) is 1. The second kappa shape index (κ2) is 4.46. The minimum atomic E-state index is -3.68. The molecule has 0 amide bonds. The van der Waals surface area contributed by atoms with E-state index in [1.54, 1.807) is 24.3 Å². The van der Waals surface area contributed by atoms with E-state index in [0.717, 1.165) is 0 Å². The van der Waals surface area contributed by atoms with Crippen LogP contribution >= 0.6 is 0 Å². The summed E-state index contributed by atoms with van der Waals surface area (Å²) in [6.45, 7) is 5.47. The number of hydrogen-bond donors (Lipinski definition) is 2. The van der Waals surface area contributed by atoms with Gasteiger partial charge in [-0.1, -0.05) is 18.2 Å². The molecule has 15 heavy (non-hydrogen) atoms. The molecule has 0 radical (unpaired) electrons. The first-order chi connectivity index (χ1) is 6.95. The molecule has 82 valence electrons. The van der Waals surface area contributed by atoms with Crippen molar-refractivity contribution in [3.05, 3.63) is 36.9 Å². The van der Waals surface area contributed by atoms with Gasteiger partial charge in [-0.3, -0.25) is 0 Å². The van der Waals surface area contributed by atoms with Gasteiger partial charge in [0.1, 0.15) is 4.90 Å². The molecule has 1 aromatic carbocycles. The van der Waals surface area contributed by atoms with Crippen molar-refractivity contribution in [3.63, 3.8) is 0 Å². The minimum Gasteiger partial charge on any atom is -0.378 e. The highest BCUT2D eigenvalue weighted by atomic mass is 32.2. The van der Waals surface area contributed by atoms with Gasteiger partial charge in [-0.25, -0.2) is 13.6 Å². The topological polar surface area (TPSA) is 72.2 Å². The van der Waals surface area contributed by atoms with Crippen molar-refractivity contribution in [2.75, 3.05) is 5.32 Å². The molecule has 1 rings (SSSR count). The average Bonchev–Trinajstić information content (AvgIpc) is 2.17. The Balaban J connectivity index is 3.13. The highest BCUT2D eigenvalue weighted by molar-refractivity contribution is 7.89. The fourth-order valence-corrected chi connectivity index (χ4v) is 1.84. The summed E-state index contributed by atoms with van der Waals surface area (Å²) in [4.78, 5) is 0.0960. The lowest BCUT2D eigenvalue weighted by Crippen LogP contribution is -2.18. The summed E-state index contributed by atoms with van der Waals surface area (Å²) in [5, 5.41) is 8.07. The second-order valence-corrected chi connectivity index (χ2v) is 4.74. The first kappa shape index (κ1) is 11.7. The lowest BCUT2D eigenvalue weighted by molar-refractivity contribution is 0.598. The molecule has 5 heteroatoms. The molecular weight excluding hydrogens is 212 g/mol. The van der Waals surface area contributed by atoms with Crippen LogP contribution in [0.1, 0.15) is 6.92 Å². The molecule has 0 bridgehead atoms. The van der Waals surface area contributed by atoms with Crippen molar-refractivity contribution in [2.24, 2.45) is 5.14 Å². The van der Waals surface area contributed by atoms with Gasteiger partial charge in [-0.2, -0.15) is 0 Å². The van der Waals surface area contributed by atoms with E-state index < -0.39 is 10.0 Å². The molecule has 0 aliphatic rings. The van der Waals surface area contributed by atoms with Crippen molar-refractivity contribution in [1.82, 2.24) is 0 Å². The molecule has 3 N–H and O–H groups in total. The van der Waals surface area contributed by atoms with Gasteiger partial charge in [-0.15, -0.1) is 6.58 Å². The number of nitrogens with one attached hydrogen (secondary N) is 1. The Bertz CT molecular complexity index is 454. The van der Waals surface area contributed by atoms with Gasteiger partial charge < -0.3 is 5.32 Å². The van der Waals surface area contributed by atoms with Crippen LogP contribution in [-0.2, 0) is 10.0 Å². The van der Waals surface area contributed by atoms with E-state index in [9.17, 15) is 8.42 Å². The van der Waals surface area contributed by atoms with Crippen molar-refractivity contribution in [2.45, 2.75) is 17.9 Å². The van der Waals surface area contributed by atoms with Crippen LogP contribution in [0.3, 0.4) is 0 Å². The van der Waals surface area contributed by atoms with Gasteiger partial charge >= 0.3 is 0 Å². The van der Waals surface area contributed by atoms with E-state index in [1.165, 1.54) is 6.07 Å². The van der Waals surface area contributed by atoms with E-state index in [1.807, 2.05) is 6.92 Å². The highest BCUT2D eigenvalue weighted by Gasteiger charge is 2.13. The van der Waals surface area contributed by atoms with Crippen molar-refractivity contribution in [3.8, 4) is 0 Å². The summed E-state index contributed by atoms with van der Waals surface area (Å²) in [6, 6.07) is 6.48. The van der Waals surface area contributed by atoms with E-state index in [2.05, 4.69) is 11.9 Å². The second-order valence-electron chi connectivity index (χ2n) is 3.21. The van der Waals surface area contributed by atoms with Crippen LogP contribution in [0.4, 0.5) is 5.69 Å². The van der Waals surface area contributed by atoms with E-state index in [-0.39, 0.29) is 10.9 Å². The number of sulfonamides is 1. The Morgan fingerprint density at radius 3 is 2.60 bits per heavy atom. The summed E-state index contributed by atoms with van der Waals surface area (Å²) in [7, 11) is -3.68. The Labute approximate surface area is 89.9 Å². The highest BCUT2D eigenvalue weighted by Crippen LogP contribution is 2.19. The Kier molecular flexibility index (Phi) is 3.49.